The Morgan fingerprint density at radius 2 is 2.36 bits per heavy atom. The minimum Gasteiger partial charge on any atom is -0.383 e. The number of carbonyl (C=O) groups is 1. The highest BCUT2D eigenvalue weighted by atomic mass is 16.1. The Bertz CT molecular complexity index is 339. The average Bonchev–Trinajstić information content (AvgIpc) is 2.62. The molecule has 0 amide bonds. The zero-order chi connectivity index (χ0) is 10.6. The second kappa shape index (κ2) is 4.60. The minimum absolute atomic E-state index is 0.0154. The first-order valence-corrected chi connectivity index (χ1v) is 4.55. The van der Waals surface area contributed by atoms with Crippen molar-refractivity contribution in [3.63, 3.8) is 0 Å². The quantitative estimate of drug-likeness (QED) is 0.532. The van der Waals surface area contributed by atoms with Gasteiger partial charge in [-0.3, -0.25) is 9.48 Å². The molecule has 0 spiro atoms. The van der Waals surface area contributed by atoms with E-state index >= 15 is 0 Å². The summed E-state index contributed by atoms with van der Waals surface area (Å²) < 4.78 is 1.73. The Balaban J connectivity index is 2.70. The number of allylic oxidation sites excluding steroid dienone is 1. The van der Waals surface area contributed by atoms with E-state index in [4.69, 9.17) is 0 Å². The van der Waals surface area contributed by atoms with Gasteiger partial charge in [-0.15, -0.1) is 0 Å². The van der Waals surface area contributed by atoms with Crippen molar-refractivity contribution in [2.45, 2.75) is 13.5 Å². The second-order valence-corrected chi connectivity index (χ2v) is 3.23. The molecule has 4 heteroatoms. The summed E-state index contributed by atoms with van der Waals surface area (Å²) in [5.74, 6) is -0.0154. The van der Waals surface area contributed by atoms with Gasteiger partial charge in [0.25, 0.3) is 0 Å². The van der Waals surface area contributed by atoms with Gasteiger partial charge in [-0.25, -0.2) is 0 Å². The molecule has 0 N–H and O–H groups in total. The van der Waals surface area contributed by atoms with Gasteiger partial charge in [0.15, 0.2) is 5.78 Å². The normalized spacial score (nSPS) is 10.8. The summed E-state index contributed by atoms with van der Waals surface area (Å²) in [6.07, 6.45) is 6.61. The van der Waals surface area contributed by atoms with Gasteiger partial charge in [0.1, 0.15) is 0 Å². The maximum Gasteiger partial charge on any atom is 0.190 e. The predicted molar refractivity (Wildman–Crippen MR) is 55.1 cm³/mol. The van der Waals surface area contributed by atoms with E-state index in [1.165, 1.54) is 6.08 Å². The van der Waals surface area contributed by atoms with E-state index in [1.54, 1.807) is 23.3 Å². The van der Waals surface area contributed by atoms with Crippen LogP contribution in [0.4, 0.5) is 0 Å². The van der Waals surface area contributed by atoms with Crippen LogP contribution in [0, 0.1) is 0 Å². The topological polar surface area (TPSA) is 38.1 Å². The highest BCUT2D eigenvalue weighted by Crippen LogP contribution is 2.00. The van der Waals surface area contributed by atoms with E-state index in [-0.39, 0.29) is 5.78 Å². The van der Waals surface area contributed by atoms with Crippen LogP contribution in [-0.4, -0.2) is 34.6 Å². The van der Waals surface area contributed by atoms with Crippen LogP contribution in [0.1, 0.15) is 17.3 Å². The van der Waals surface area contributed by atoms with Gasteiger partial charge in [0, 0.05) is 39.1 Å². The molecule has 0 saturated heterocycles. The van der Waals surface area contributed by atoms with Gasteiger partial charge in [0.05, 0.1) is 11.8 Å². The molecule has 14 heavy (non-hydrogen) atoms. The zero-order valence-corrected chi connectivity index (χ0v) is 8.77. The average molecular weight is 193 g/mol. The molecule has 1 heterocycles. The Morgan fingerprint density at radius 3 is 2.86 bits per heavy atom. The Morgan fingerprint density at radius 1 is 1.64 bits per heavy atom. The molecule has 0 aliphatic rings. The highest BCUT2D eigenvalue weighted by molar-refractivity contribution is 6.04. The van der Waals surface area contributed by atoms with Gasteiger partial charge in [-0.2, -0.15) is 5.10 Å². The number of ketones is 1. The van der Waals surface area contributed by atoms with Crippen molar-refractivity contribution < 1.29 is 4.79 Å². The fourth-order valence-electron chi connectivity index (χ4n) is 0.977. The molecule has 1 rings (SSSR count). The van der Waals surface area contributed by atoms with Crippen LogP contribution >= 0.6 is 0 Å². The van der Waals surface area contributed by atoms with Crippen LogP contribution in [0.25, 0.3) is 0 Å². The zero-order valence-electron chi connectivity index (χ0n) is 8.77. The number of hydrogen-bond acceptors (Lipinski definition) is 3. The van der Waals surface area contributed by atoms with E-state index in [2.05, 4.69) is 5.10 Å². The number of hydrogen-bond donors (Lipinski definition) is 0. The fourth-order valence-corrected chi connectivity index (χ4v) is 0.977. The molecule has 0 atom stereocenters. The molecule has 0 unspecified atom stereocenters. The third-order valence-corrected chi connectivity index (χ3v) is 1.77. The van der Waals surface area contributed by atoms with E-state index in [0.29, 0.717) is 5.56 Å². The molecule has 1 aromatic rings. The monoisotopic (exact) mass is 193 g/mol. The van der Waals surface area contributed by atoms with Crippen molar-refractivity contribution in [1.29, 1.82) is 0 Å². The van der Waals surface area contributed by atoms with Crippen molar-refractivity contribution >= 4 is 5.78 Å². The van der Waals surface area contributed by atoms with Gasteiger partial charge in [-0.05, 0) is 6.92 Å². The van der Waals surface area contributed by atoms with E-state index < -0.39 is 0 Å². The predicted octanol–water partition coefficient (Wildman–Crippen LogP) is 1.16. The Labute approximate surface area is 83.8 Å². The molecule has 0 radical (unpaired) electrons. The Hall–Kier alpha value is -1.58. The summed E-state index contributed by atoms with van der Waals surface area (Å²) in [6, 6.07) is 0. The van der Waals surface area contributed by atoms with Crippen molar-refractivity contribution in [2.75, 3.05) is 14.1 Å². The van der Waals surface area contributed by atoms with Crippen molar-refractivity contribution in [2.24, 2.45) is 0 Å². The summed E-state index contributed by atoms with van der Waals surface area (Å²) in [6.45, 7) is 2.77. The number of carbonyl (C=O) groups excluding carboxylic acids is 1. The maximum atomic E-state index is 11.5. The number of rotatable bonds is 4. The van der Waals surface area contributed by atoms with E-state index in [0.717, 1.165) is 6.54 Å². The molecular weight excluding hydrogens is 178 g/mol. The lowest BCUT2D eigenvalue weighted by molar-refractivity contribution is 0.104. The maximum absolute atomic E-state index is 11.5. The largest absolute Gasteiger partial charge is 0.383 e. The molecule has 0 aromatic carbocycles. The summed E-state index contributed by atoms with van der Waals surface area (Å²) in [5, 5.41) is 4.03. The first kappa shape index (κ1) is 10.5. The van der Waals surface area contributed by atoms with E-state index in [9.17, 15) is 4.79 Å². The van der Waals surface area contributed by atoms with E-state index in [1.807, 2.05) is 25.9 Å². The molecule has 1 aromatic heterocycles. The molecule has 76 valence electrons. The molecule has 0 aliphatic heterocycles. The van der Waals surface area contributed by atoms with Crippen molar-refractivity contribution in [3.8, 4) is 0 Å². The van der Waals surface area contributed by atoms with Crippen LogP contribution in [0.3, 0.4) is 0 Å². The third-order valence-electron chi connectivity index (χ3n) is 1.77. The van der Waals surface area contributed by atoms with Gasteiger partial charge in [-0.1, -0.05) is 0 Å². The lowest BCUT2D eigenvalue weighted by Gasteiger charge is -2.01. The van der Waals surface area contributed by atoms with Gasteiger partial charge in [0.2, 0.25) is 0 Å². The summed E-state index contributed by atoms with van der Waals surface area (Å²) in [5.41, 5.74) is 0.630. The number of aromatic nitrogens is 2. The Kier molecular flexibility index (Phi) is 3.45. The highest BCUT2D eigenvalue weighted by Gasteiger charge is 2.03. The van der Waals surface area contributed by atoms with Crippen LogP contribution < -0.4 is 0 Å². The molecule has 0 fully saturated rings. The SMILES string of the molecule is CCn1cc(C(=O)/C=C/N(C)C)cn1. The standard InChI is InChI=1S/C10H15N3O/c1-4-13-8-9(7-11-13)10(14)5-6-12(2)3/h5-8H,4H2,1-3H3/b6-5+. The number of aryl methyl sites for hydroxylation is 1. The smallest absolute Gasteiger partial charge is 0.190 e. The minimum atomic E-state index is -0.0154. The molecule has 0 saturated carbocycles. The molecule has 4 nitrogen and oxygen atoms in total. The third kappa shape index (κ3) is 2.73. The van der Waals surface area contributed by atoms with Crippen LogP contribution in [-0.2, 0) is 6.54 Å². The van der Waals surface area contributed by atoms with Crippen molar-refractivity contribution in [1.82, 2.24) is 14.7 Å². The molecule has 0 bridgehead atoms. The van der Waals surface area contributed by atoms with Crippen LogP contribution in [0.5, 0.6) is 0 Å². The van der Waals surface area contributed by atoms with Gasteiger partial charge >= 0.3 is 0 Å². The summed E-state index contributed by atoms with van der Waals surface area (Å²) >= 11 is 0. The summed E-state index contributed by atoms with van der Waals surface area (Å²) in [7, 11) is 3.75. The van der Waals surface area contributed by atoms with Crippen LogP contribution in [0.15, 0.2) is 24.7 Å². The first-order valence-electron chi connectivity index (χ1n) is 4.55. The van der Waals surface area contributed by atoms with Gasteiger partial charge < -0.3 is 4.90 Å². The summed E-state index contributed by atoms with van der Waals surface area (Å²) in [4.78, 5) is 13.3. The first-order chi connectivity index (χ1) is 6.63. The lowest BCUT2D eigenvalue weighted by Crippen LogP contribution is -2.02. The second-order valence-electron chi connectivity index (χ2n) is 3.23. The van der Waals surface area contributed by atoms with Crippen LogP contribution in [0.2, 0.25) is 0 Å². The molecule has 0 aliphatic carbocycles. The molecular formula is C10H15N3O. The van der Waals surface area contributed by atoms with Crippen molar-refractivity contribution in [3.05, 3.63) is 30.2 Å². The fraction of sp³-hybridized carbons (Fsp3) is 0.400. The number of nitrogens with zero attached hydrogens (tertiary/aromatic N) is 3. The lowest BCUT2D eigenvalue weighted by atomic mass is 10.2.